The number of anilines is 1. The molecule has 8 heteroatoms. The number of aryl methyl sites for hydroxylation is 1. The maximum atomic E-state index is 13.3. The molecular formula is C22H26FN3O3S. The molecule has 1 N–H and O–H groups in total. The Morgan fingerprint density at radius 2 is 1.60 bits per heavy atom. The predicted molar refractivity (Wildman–Crippen MR) is 115 cm³/mol. The first kappa shape index (κ1) is 22.0. The van der Waals surface area contributed by atoms with Crippen molar-refractivity contribution in [2.24, 2.45) is 5.10 Å². The van der Waals surface area contributed by atoms with Crippen molar-refractivity contribution in [3.8, 4) is 0 Å². The fourth-order valence-corrected chi connectivity index (χ4v) is 4.74. The van der Waals surface area contributed by atoms with E-state index in [0.29, 0.717) is 5.69 Å². The Morgan fingerprint density at radius 1 is 1.00 bits per heavy atom. The fourth-order valence-electron chi connectivity index (χ4n) is 3.32. The standard InChI is InChI=1S/C22H26FN3O3S/c1-17-8-12-20(13-9-17)26(30(28,29)21-14-10-18(23)11-15-21)16-22(27)25-24-19-6-4-2-3-5-7-19/h8-15H,2-7,16H2,1H3,(H,25,27). The van der Waals surface area contributed by atoms with Gasteiger partial charge in [-0.2, -0.15) is 5.10 Å². The maximum absolute atomic E-state index is 13.3. The molecule has 2 aromatic rings. The lowest BCUT2D eigenvalue weighted by atomic mass is 10.2. The van der Waals surface area contributed by atoms with E-state index in [9.17, 15) is 17.6 Å². The van der Waals surface area contributed by atoms with Crippen LogP contribution in [0, 0.1) is 12.7 Å². The van der Waals surface area contributed by atoms with Gasteiger partial charge < -0.3 is 0 Å². The van der Waals surface area contributed by atoms with Gasteiger partial charge >= 0.3 is 0 Å². The first-order valence-electron chi connectivity index (χ1n) is 10.1. The van der Waals surface area contributed by atoms with Gasteiger partial charge in [0.25, 0.3) is 15.9 Å². The molecule has 0 aromatic heterocycles. The summed E-state index contributed by atoms with van der Waals surface area (Å²) >= 11 is 0. The third-order valence-electron chi connectivity index (χ3n) is 5.03. The van der Waals surface area contributed by atoms with E-state index in [4.69, 9.17) is 0 Å². The first-order chi connectivity index (χ1) is 14.4. The Balaban J connectivity index is 1.84. The summed E-state index contributed by atoms with van der Waals surface area (Å²) in [6.07, 6.45) is 6.09. The molecule has 1 fully saturated rings. The molecule has 160 valence electrons. The number of nitrogens with one attached hydrogen (secondary N) is 1. The average molecular weight is 432 g/mol. The number of amides is 1. The van der Waals surface area contributed by atoms with Crippen molar-refractivity contribution in [3.63, 3.8) is 0 Å². The highest BCUT2D eigenvalue weighted by atomic mass is 32.2. The van der Waals surface area contributed by atoms with Gasteiger partial charge in [-0.05, 0) is 69.0 Å². The van der Waals surface area contributed by atoms with Crippen molar-refractivity contribution in [3.05, 3.63) is 59.9 Å². The summed E-state index contributed by atoms with van der Waals surface area (Å²) in [7, 11) is -4.07. The van der Waals surface area contributed by atoms with Crippen LogP contribution in [0.2, 0.25) is 0 Å². The van der Waals surface area contributed by atoms with Crippen LogP contribution in [0.1, 0.15) is 44.1 Å². The number of carbonyl (C=O) groups is 1. The minimum absolute atomic E-state index is 0.0904. The van der Waals surface area contributed by atoms with E-state index in [1.165, 1.54) is 12.1 Å². The summed E-state index contributed by atoms with van der Waals surface area (Å²) in [5, 5.41) is 4.22. The number of hydrogen-bond acceptors (Lipinski definition) is 4. The molecule has 0 heterocycles. The minimum atomic E-state index is -4.07. The second-order valence-corrected chi connectivity index (χ2v) is 9.29. The lowest BCUT2D eigenvalue weighted by molar-refractivity contribution is -0.119. The molecule has 1 amide bonds. The van der Waals surface area contributed by atoms with E-state index >= 15 is 0 Å². The number of sulfonamides is 1. The van der Waals surface area contributed by atoms with E-state index in [-0.39, 0.29) is 4.90 Å². The molecule has 1 aliphatic rings. The highest BCUT2D eigenvalue weighted by Crippen LogP contribution is 2.24. The highest BCUT2D eigenvalue weighted by Gasteiger charge is 2.27. The zero-order valence-electron chi connectivity index (χ0n) is 17.0. The van der Waals surface area contributed by atoms with Crippen LogP contribution in [-0.4, -0.2) is 26.6 Å². The lowest BCUT2D eigenvalue weighted by Gasteiger charge is -2.24. The van der Waals surface area contributed by atoms with Crippen LogP contribution in [0.25, 0.3) is 0 Å². The second-order valence-electron chi connectivity index (χ2n) is 7.43. The first-order valence-corrected chi connectivity index (χ1v) is 11.5. The van der Waals surface area contributed by atoms with Crippen LogP contribution < -0.4 is 9.73 Å². The smallest absolute Gasteiger partial charge is 0.264 e. The van der Waals surface area contributed by atoms with Gasteiger partial charge in [0.15, 0.2) is 0 Å². The molecular weight excluding hydrogens is 405 g/mol. The normalized spacial score (nSPS) is 14.7. The Labute approximate surface area is 176 Å². The molecule has 1 saturated carbocycles. The summed E-state index contributed by atoms with van der Waals surface area (Å²) < 4.78 is 40.7. The molecule has 2 aromatic carbocycles. The Bertz CT molecular complexity index is 993. The van der Waals surface area contributed by atoms with Gasteiger partial charge in [0.05, 0.1) is 10.6 Å². The van der Waals surface area contributed by atoms with Gasteiger partial charge in [-0.1, -0.05) is 30.5 Å². The quantitative estimate of drug-likeness (QED) is 0.551. The monoisotopic (exact) mass is 431 g/mol. The van der Waals surface area contributed by atoms with E-state index < -0.39 is 28.3 Å². The van der Waals surface area contributed by atoms with Gasteiger partial charge in [-0.25, -0.2) is 18.2 Å². The SMILES string of the molecule is Cc1ccc(N(CC(=O)NN=C2CCCCCC2)S(=O)(=O)c2ccc(F)cc2)cc1. The van der Waals surface area contributed by atoms with Crippen LogP contribution in [0.4, 0.5) is 10.1 Å². The molecule has 0 saturated heterocycles. The van der Waals surface area contributed by atoms with Crippen LogP contribution in [0.3, 0.4) is 0 Å². The Morgan fingerprint density at radius 3 is 2.20 bits per heavy atom. The zero-order chi connectivity index (χ0) is 21.6. The Kier molecular flexibility index (Phi) is 7.20. The molecule has 1 aliphatic carbocycles. The van der Waals surface area contributed by atoms with Crippen molar-refractivity contribution < 1.29 is 17.6 Å². The third-order valence-corrected chi connectivity index (χ3v) is 6.82. The van der Waals surface area contributed by atoms with E-state index in [1.54, 1.807) is 24.3 Å². The number of halogens is 1. The van der Waals surface area contributed by atoms with Gasteiger partial charge in [-0.15, -0.1) is 0 Å². The summed E-state index contributed by atoms with van der Waals surface area (Å²) in [5.74, 6) is -1.06. The molecule has 6 nitrogen and oxygen atoms in total. The van der Waals surface area contributed by atoms with Crippen molar-refractivity contribution >= 4 is 27.3 Å². The summed E-state index contributed by atoms with van der Waals surface area (Å²) in [6, 6.07) is 11.4. The molecule has 0 bridgehead atoms. The second kappa shape index (κ2) is 9.84. The number of rotatable bonds is 6. The summed E-state index contributed by atoms with van der Waals surface area (Å²) in [5.41, 5.74) is 4.75. The van der Waals surface area contributed by atoms with Gasteiger partial charge in [0.2, 0.25) is 0 Å². The molecule has 0 aliphatic heterocycles. The third kappa shape index (κ3) is 5.66. The summed E-state index contributed by atoms with van der Waals surface area (Å²) in [6.45, 7) is 1.46. The molecule has 30 heavy (non-hydrogen) atoms. The van der Waals surface area contributed by atoms with Crippen LogP contribution in [0.15, 0.2) is 58.5 Å². The molecule has 0 radical (unpaired) electrons. The molecule has 0 atom stereocenters. The van der Waals surface area contributed by atoms with E-state index in [0.717, 1.165) is 66.2 Å². The molecule has 0 unspecified atom stereocenters. The van der Waals surface area contributed by atoms with Gasteiger partial charge in [0, 0.05) is 5.71 Å². The zero-order valence-corrected chi connectivity index (χ0v) is 17.8. The van der Waals surface area contributed by atoms with Crippen molar-refractivity contribution in [2.45, 2.75) is 50.3 Å². The van der Waals surface area contributed by atoms with Crippen LogP contribution in [-0.2, 0) is 14.8 Å². The summed E-state index contributed by atoms with van der Waals surface area (Å²) in [4.78, 5) is 12.5. The number of carbonyl (C=O) groups excluding carboxylic acids is 1. The fraction of sp³-hybridized carbons (Fsp3) is 0.364. The van der Waals surface area contributed by atoms with Crippen molar-refractivity contribution in [1.29, 1.82) is 0 Å². The Hall–Kier alpha value is -2.74. The van der Waals surface area contributed by atoms with Crippen molar-refractivity contribution in [2.75, 3.05) is 10.8 Å². The van der Waals surface area contributed by atoms with Crippen LogP contribution in [0.5, 0.6) is 0 Å². The lowest BCUT2D eigenvalue weighted by Crippen LogP contribution is -2.39. The number of benzene rings is 2. The van der Waals surface area contributed by atoms with Gasteiger partial charge in [0.1, 0.15) is 12.4 Å². The minimum Gasteiger partial charge on any atom is -0.271 e. The van der Waals surface area contributed by atoms with Crippen LogP contribution >= 0.6 is 0 Å². The predicted octanol–water partition coefficient (Wildman–Crippen LogP) is 4.16. The molecule has 3 rings (SSSR count). The largest absolute Gasteiger partial charge is 0.271 e. The maximum Gasteiger partial charge on any atom is 0.264 e. The van der Waals surface area contributed by atoms with E-state index in [2.05, 4.69) is 10.5 Å². The average Bonchev–Trinajstić information content (AvgIpc) is 3.00. The number of nitrogens with zero attached hydrogens (tertiary/aromatic N) is 2. The van der Waals surface area contributed by atoms with E-state index in [1.807, 2.05) is 6.92 Å². The number of hydrazone groups is 1. The number of hydrogen-bond donors (Lipinski definition) is 1. The molecule has 0 spiro atoms. The van der Waals surface area contributed by atoms with Crippen molar-refractivity contribution in [1.82, 2.24) is 5.43 Å². The topological polar surface area (TPSA) is 78.8 Å². The highest BCUT2D eigenvalue weighted by molar-refractivity contribution is 7.92. The van der Waals surface area contributed by atoms with Gasteiger partial charge in [-0.3, -0.25) is 9.10 Å².